The molecule has 1 N–H and O–H groups in total. The van der Waals surface area contributed by atoms with E-state index < -0.39 is 0 Å². The molecule has 0 aliphatic heterocycles. The minimum absolute atomic E-state index is 0.0428. The van der Waals surface area contributed by atoms with E-state index in [9.17, 15) is 0 Å². The van der Waals surface area contributed by atoms with E-state index in [1.165, 1.54) is 4.68 Å². The number of hydrogen-bond acceptors (Lipinski definition) is 3. The fourth-order valence-corrected chi connectivity index (χ4v) is 0.930. The molecule has 1 aromatic heterocycles. The summed E-state index contributed by atoms with van der Waals surface area (Å²) in [4.78, 5) is 0. The molecule has 1 radical (unpaired) electrons. The molecule has 0 saturated carbocycles. The van der Waals surface area contributed by atoms with Gasteiger partial charge in [-0.2, -0.15) is 4.68 Å². The van der Waals surface area contributed by atoms with Crippen molar-refractivity contribution in [2.24, 2.45) is 0 Å². The third kappa shape index (κ3) is 1.01. The molecule has 0 amide bonds. The summed E-state index contributed by atoms with van der Waals surface area (Å²) in [5.74, 6) is 0.0428. The number of aromatic nitrogens is 4. The van der Waals surface area contributed by atoms with Crippen LogP contribution in [0.15, 0.2) is 30.3 Å². The van der Waals surface area contributed by atoms with Gasteiger partial charge in [0.05, 0.1) is 5.69 Å². The third-order valence-corrected chi connectivity index (χ3v) is 1.47. The third-order valence-electron chi connectivity index (χ3n) is 1.47. The van der Waals surface area contributed by atoms with Crippen molar-refractivity contribution in [3.8, 4) is 5.69 Å². The minimum atomic E-state index is 0.0428. The molecule has 0 atom stereocenters. The second-order valence-corrected chi connectivity index (χ2v) is 2.25. The van der Waals surface area contributed by atoms with Crippen LogP contribution in [0.4, 0.5) is 5.95 Å². The van der Waals surface area contributed by atoms with Gasteiger partial charge >= 0.3 is 0 Å². The number of nitrogens with one attached hydrogen (secondary N) is 1. The summed E-state index contributed by atoms with van der Waals surface area (Å²) in [6, 6.07) is 9.33. The maximum atomic E-state index is 7.32. The summed E-state index contributed by atoms with van der Waals surface area (Å²) in [5, 5.41) is 10.5. The Hall–Kier alpha value is -1.91. The highest BCUT2D eigenvalue weighted by Gasteiger charge is 2.02. The molecule has 0 spiro atoms. The van der Waals surface area contributed by atoms with Crippen LogP contribution >= 0.6 is 0 Å². The summed E-state index contributed by atoms with van der Waals surface area (Å²) in [7, 11) is 0. The van der Waals surface area contributed by atoms with Gasteiger partial charge in [0, 0.05) is 0 Å². The van der Waals surface area contributed by atoms with E-state index >= 15 is 0 Å². The first-order valence-corrected chi connectivity index (χ1v) is 3.43. The predicted molar refractivity (Wildman–Crippen MR) is 41.9 cm³/mol. The Morgan fingerprint density at radius 1 is 1.17 bits per heavy atom. The lowest BCUT2D eigenvalue weighted by Gasteiger charge is -1.97. The van der Waals surface area contributed by atoms with E-state index in [1.54, 1.807) is 0 Å². The molecule has 0 fully saturated rings. The normalized spacial score (nSPS) is 10.0. The number of nitrogens with zero attached hydrogens (tertiary/aromatic N) is 4. The van der Waals surface area contributed by atoms with Crippen molar-refractivity contribution in [3.63, 3.8) is 0 Å². The average Bonchev–Trinajstić information content (AvgIpc) is 2.53. The molecular formula is C7H6N5. The first-order valence-electron chi connectivity index (χ1n) is 3.43. The van der Waals surface area contributed by atoms with Gasteiger partial charge in [-0.15, -0.1) is 0 Å². The molecule has 1 aromatic carbocycles. The van der Waals surface area contributed by atoms with Crippen LogP contribution in [-0.4, -0.2) is 20.2 Å². The lowest BCUT2D eigenvalue weighted by atomic mass is 10.3. The molecule has 5 heteroatoms. The molecule has 0 saturated heterocycles. The fourth-order valence-electron chi connectivity index (χ4n) is 0.930. The summed E-state index contributed by atoms with van der Waals surface area (Å²) >= 11 is 0. The zero-order valence-corrected chi connectivity index (χ0v) is 6.18. The standard InChI is InChI=1S/C7H6N5/c8-7-9-10-11-12(7)6-4-2-1-3-5-6/h1-5,8H. The van der Waals surface area contributed by atoms with E-state index in [0.29, 0.717) is 0 Å². The van der Waals surface area contributed by atoms with Gasteiger partial charge in [-0.05, 0) is 22.6 Å². The average molecular weight is 160 g/mol. The van der Waals surface area contributed by atoms with E-state index in [2.05, 4.69) is 15.5 Å². The van der Waals surface area contributed by atoms with Crippen LogP contribution in [0.25, 0.3) is 5.69 Å². The highest BCUT2D eigenvalue weighted by molar-refractivity contribution is 5.33. The van der Waals surface area contributed by atoms with Crippen LogP contribution < -0.4 is 5.73 Å². The summed E-state index contributed by atoms with van der Waals surface area (Å²) < 4.78 is 1.36. The van der Waals surface area contributed by atoms with Gasteiger partial charge in [-0.3, -0.25) is 5.73 Å². The van der Waals surface area contributed by atoms with Crippen molar-refractivity contribution in [1.82, 2.24) is 25.9 Å². The van der Waals surface area contributed by atoms with Crippen molar-refractivity contribution in [2.45, 2.75) is 0 Å². The Morgan fingerprint density at radius 2 is 1.92 bits per heavy atom. The van der Waals surface area contributed by atoms with Crippen LogP contribution in [0.3, 0.4) is 0 Å². The fraction of sp³-hybridized carbons (Fsp3) is 0. The molecule has 0 aliphatic rings. The molecule has 12 heavy (non-hydrogen) atoms. The molecule has 59 valence electrons. The molecule has 0 bridgehead atoms. The molecule has 0 aliphatic carbocycles. The SMILES string of the molecule is [NH]c1nnnn1-c1ccccc1. The van der Waals surface area contributed by atoms with Crippen LogP contribution in [0.1, 0.15) is 0 Å². The summed E-state index contributed by atoms with van der Waals surface area (Å²) in [6.07, 6.45) is 0. The molecule has 5 nitrogen and oxygen atoms in total. The van der Waals surface area contributed by atoms with Gasteiger partial charge in [-0.25, -0.2) is 0 Å². The Balaban J connectivity index is 2.51. The largest absolute Gasteiger partial charge is 0.266 e. The van der Waals surface area contributed by atoms with Crippen molar-refractivity contribution in [1.29, 1.82) is 0 Å². The zero-order chi connectivity index (χ0) is 8.39. The first kappa shape index (κ1) is 6.78. The minimum Gasteiger partial charge on any atom is -0.264 e. The lowest BCUT2D eigenvalue weighted by molar-refractivity contribution is 0.789. The monoisotopic (exact) mass is 160 g/mol. The quantitative estimate of drug-likeness (QED) is 0.612. The number of tetrazole rings is 1. The molecular weight excluding hydrogens is 154 g/mol. The Labute approximate surface area is 68.8 Å². The number of para-hydroxylation sites is 1. The highest BCUT2D eigenvalue weighted by atomic mass is 15.6. The van der Waals surface area contributed by atoms with Gasteiger partial charge in [-0.1, -0.05) is 23.3 Å². The van der Waals surface area contributed by atoms with Gasteiger partial charge in [0.15, 0.2) is 0 Å². The second-order valence-electron chi connectivity index (χ2n) is 2.25. The Kier molecular flexibility index (Phi) is 1.48. The number of benzene rings is 1. The van der Waals surface area contributed by atoms with Crippen LogP contribution in [0.2, 0.25) is 0 Å². The van der Waals surface area contributed by atoms with Gasteiger partial charge in [0.25, 0.3) is 5.95 Å². The molecule has 0 unspecified atom stereocenters. The summed E-state index contributed by atoms with van der Waals surface area (Å²) in [5.41, 5.74) is 8.11. The topological polar surface area (TPSA) is 67.4 Å². The lowest BCUT2D eigenvalue weighted by Crippen LogP contribution is -1.96. The molecule has 2 rings (SSSR count). The van der Waals surface area contributed by atoms with Gasteiger partial charge in [0.1, 0.15) is 0 Å². The Bertz CT molecular complexity index is 366. The highest BCUT2D eigenvalue weighted by Crippen LogP contribution is 2.07. The van der Waals surface area contributed by atoms with E-state index in [4.69, 9.17) is 5.73 Å². The second kappa shape index (κ2) is 2.61. The zero-order valence-electron chi connectivity index (χ0n) is 6.18. The maximum Gasteiger partial charge on any atom is 0.266 e. The van der Waals surface area contributed by atoms with Crippen molar-refractivity contribution < 1.29 is 0 Å². The number of rotatable bonds is 1. The molecule has 2 aromatic rings. The van der Waals surface area contributed by atoms with E-state index in [0.717, 1.165) is 5.69 Å². The van der Waals surface area contributed by atoms with Crippen molar-refractivity contribution in [3.05, 3.63) is 30.3 Å². The maximum absolute atomic E-state index is 7.32. The van der Waals surface area contributed by atoms with Crippen LogP contribution in [0.5, 0.6) is 0 Å². The van der Waals surface area contributed by atoms with E-state index in [1.807, 2.05) is 30.3 Å². The van der Waals surface area contributed by atoms with E-state index in [-0.39, 0.29) is 5.95 Å². The Morgan fingerprint density at radius 3 is 2.50 bits per heavy atom. The van der Waals surface area contributed by atoms with Crippen molar-refractivity contribution in [2.75, 3.05) is 0 Å². The van der Waals surface area contributed by atoms with Crippen molar-refractivity contribution >= 4 is 5.95 Å². The smallest absolute Gasteiger partial charge is 0.264 e. The first-order chi connectivity index (χ1) is 5.88. The van der Waals surface area contributed by atoms with Gasteiger partial charge in [0.2, 0.25) is 0 Å². The van der Waals surface area contributed by atoms with Crippen LogP contribution in [0, 0.1) is 0 Å². The van der Waals surface area contributed by atoms with Crippen LogP contribution in [-0.2, 0) is 0 Å². The summed E-state index contributed by atoms with van der Waals surface area (Å²) in [6.45, 7) is 0. The van der Waals surface area contributed by atoms with Gasteiger partial charge < -0.3 is 0 Å². The molecule has 1 heterocycles. The predicted octanol–water partition coefficient (Wildman–Crippen LogP) is 0.577. The number of hydrogen-bond donors (Lipinski definition) is 0.